The summed E-state index contributed by atoms with van der Waals surface area (Å²) in [6.07, 6.45) is 1.41. The van der Waals surface area contributed by atoms with Crippen molar-refractivity contribution in [1.29, 1.82) is 0 Å². The van der Waals surface area contributed by atoms with E-state index >= 15 is 0 Å². The predicted molar refractivity (Wildman–Crippen MR) is 93.7 cm³/mol. The number of rotatable bonds is 7. The van der Waals surface area contributed by atoms with E-state index in [0.29, 0.717) is 28.7 Å². The average Bonchev–Trinajstić information content (AvgIpc) is 2.56. The summed E-state index contributed by atoms with van der Waals surface area (Å²) < 4.78 is 25.0. The van der Waals surface area contributed by atoms with E-state index < -0.39 is 11.8 Å². The Balaban J connectivity index is 2.16. The molecule has 0 aliphatic carbocycles. The summed E-state index contributed by atoms with van der Waals surface area (Å²) in [6.45, 7) is 2.20. The van der Waals surface area contributed by atoms with Crippen molar-refractivity contribution in [2.24, 2.45) is 10.8 Å². The molecular weight excluding hydrogens is 349 g/mol. The second-order valence-electron chi connectivity index (χ2n) is 4.86. The molecule has 0 aromatic heterocycles. The third-order valence-corrected chi connectivity index (χ3v) is 3.44. The van der Waals surface area contributed by atoms with Crippen LogP contribution in [0, 0.1) is 5.82 Å². The number of hydrazone groups is 1. The number of primary amides is 1. The molecule has 0 radical (unpaired) electrons. The van der Waals surface area contributed by atoms with E-state index in [1.165, 1.54) is 18.3 Å². The van der Waals surface area contributed by atoms with Gasteiger partial charge in [0.05, 0.1) is 17.8 Å². The molecule has 0 heterocycles. The molecule has 2 aromatic rings. The lowest BCUT2D eigenvalue weighted by Gasteiger charge is -2.13. The summed E-state index contributed by atoms with van der Waals surface area (Å²) in [4.78, 5) is 10.6. The highest BCUT2D eigenvalue weighted by atomic mass is 35.5. The van der Waals surface area contributed by atoms with Crippen molar-refractivity contribution < 1.29 is 18.7 Å². The molecule has 2 aromatic carbocycles. The molecule has 2 rings (SSSR count). The molecule has 25 heavy (non-hydrogen) atoms. The molecule has 0 spiro atoms. The van der Waals surface area contributed by atoms with Gasteiger partial charge in [0.25, 0.3) is 0 Å². The summed E-state index contributed by atoms with van der Waals surface area (Å²) >= 11 is 5.99. The van der Waals surface area contributed by atoms with Crippen LogP contribution in [0.25, 0.3) is 0 Å². The lowest BCUT2D eigenvalue weighted by Crippen LogP contribution is -2.24. The maximum Gasteiger partial charge on any atom is 0.332 e. The van der Waals surface area contributed by atoms with Gasteiger partial charge in [-0.1, -0.05) is 17.7 Å². The Morgan fingerprint density at radius 3 is 2.80 bits per heavy atom. The highest BCUT2D eigenvalue weighted by Crippen LogP contribution is 2.30. The predicted octanol–water partition coefficient (Wildman–Crippen LogP) is 3.46. The fraction of sp³-hybridized carbons (Fsp3) is 0.176. The number of halogens is 2. The summed E-state index contributed by atoms with van der Waals surface area (Å²) in [5.41, 5.74) is 7.95. The summed E-state index contributed by atoms with van der Waals surface area (Å²) in [7, 11) is 0. The molecule has 8 heteroatoms. The first-order chi connectivity index (χ1) is 12.0. The van der Waals surface area contributed by atoms with Crippen molar-refractivity contribution >= 4 is 23.8 Å². The summed E-state index contributed by atoms with van der Waals surface area (Å²) in [6, 6.07) is 8.72. The zero-order chi connectivity index (χ0) is 18.2. The maximum absolute atomic E-state index is 13.8. The van der Waals surface area contributed by atoms with E-state index in [9.17, 15) is 9.18 Å². The van der Waals surface area contributed by atoms with Gasteiger partial charge < -0.3 is 15.2 Å². The number of ether oxygens (including phenoxy) is 2. The number of carbonyl (C=O) groups is 1. The monoisotopic (exact) mass is 365 g/mol. The number of hydrogen-bond donors (Lipinski definition) is 2. The smallest absolute Gasteiger partial charge is 0.332 e. The van der Waals surface area contributed by atoms with Crippen LogP contribution >= 0.6 is 11.6 Å². The fourth-order valence-corrected chi connectivity index (χ4v) is 2.20. The van der Waals surface area contributed by atoms with Crippen LogP contribution in [0.5, 0.6) is 11.5 Å². The van der Waals surface area contributed by atoms with Gasteiger partial charge in [0.15, 0.2) is 11.5 Å². The molecule has 0 aliphatic heterocycles. The van der Waals surface area contributed by atoms with Gasteiger partial charge in [0.1, 0.15) is 12.4 Å². The second-order valence-corrected chi connectivity index (χ2v) is 5.27. The molecule has 0 unspecified atom stereocenters. The van der Waals surface area contributed by atoms with Crippen molar-refractivity contribution in [3.05, 3.63) is 58.4 Å². The number of nitrogens with one attached hydrogen (secondary N) is 1. The molecule has 0 fully saturated rings. The fourth-order valence-electron chi connectivity index (χ4n) is 1.98. The van der Waals surface area contributed by atoms with Crippen molar-refractivity contribution in [3.8, 4) is 11.5 Å². The molecule has 0 saturated carbocycles. The average molecular weight is 366 g/mol. The number of hydrogen-bond acceptors (Lipinski definition) is 4. The minimum absolute atomic E-state index is 0.0394. The van der Waals surface area contributed by atoms with Crippen molar-refractivity contribution in [1.82, 2.24) is 5.43 Å². The maximum atomic E-state index is 13.8. The van der Waals surface area contributed by atoms with Gasteiger partial charge in [-0.15, -0.1) is 0 Å². The molecule has 2 amide bonds. The minimum Gasteiger partial charge on any atom is -0.490 e. The van der Waals surface area contributed by atoms with Crippen LogP contribution in [0.15, 0.2) is 41.5 Å². The van der Waals surface area contributed by atoms with E-state index in [1.54, 1.807) is 24.3 Å². The van der Waals surface area contributed by atoms with Crippen LogP contribution in [0.2, 0.25) is 5.02 Å². The number of benzene rings is 2. The molecule has 3 N–H and O–H groups in total. The van der Waals surface area contributed by atoms with Crippen molar-refractivity contribution in [2.45, 2.75) is 13.5 Å². The molecule has 0 atom stereocenters. The van der Waals surface area contributed by atoms with Gasteiger partial charge in [-0.05, 0) is 42.8 Å². The summed E-state index contributed by atoms with van der Waals surface area (Å²) in [5, 5.41) is 3.97. The zero-order valence-electron chi connectivity index (χ0n) is 13.5. The first kappa shape index (κ1) is 18.5. The number of carbonyl (C=O) groups excluding carboxylic acids is 1. The van der Waals surface area contributed by atoms with E-state index in [-0.39, 0.29) is 12.2 Å². The first-order valence-corrected chi connectivity index (χ1v) is 7.80. The Morgan fingerprint density at radius 2 is 2.12 bits per heavy atom. The van der Waals surface area contributed by atoms with Crippen molar-refractivity contribution in [2.75, 3.05) is 6.61 Å². The Kier molecular flexibility index (Phi) is 6.59. The number of nitrogens with two attached hydrogens (primary N) is 1. The highest BCUT2D eigenvalue weighted by Gasteiger charge is 2.11. The third-order valence-electron chi connectivity index (χ3n) is 3.09. The van der Waals surface area contributed by atoms with Gasteiger partial charge in [0.2, 0.25) is 0 Å². The molecule has 0 saturated heterocycles. The Morgan fingerprint density at radius 1 is 1.32 bits per heavy atom. The summed E-state index contributed by atoms with van der Waals surface area (Å²) in [5.74, 6) is 0.450. The van der Waals surface area contributed by atoms with E-state index in [4.69, 9.17) is 26.8 Å². The Hall–Kier alpha value is -2.80. The van der Waals surface area contributed by atoms with E-state index in [2.05, 4.69) is 10.5 Å². The molecule has 132 valence electrons. The van der Waals surface area contributed by atoms with Crippen LogP contribution in [0.1, 0.15) is 18.1 Å². The highest BCUT2D eigenvalue weighted by molar-refractivity contribution is 6.31. The topological polar surface area (TPSA) is 85.9 Å². The first-order valence-electron chi connectivity index (χ1n) is 7.42. The Bertz CT molecular complexity index is 763. The van der Waals surface area contributed by atoms with Crippen LogP contribution < -0.4 is 20.6 Å². The Labute approximate surface area is 149 Å². The van der Waals surface area contributed by atoms with Gasteiger partial charge in [-0.25, -0.2) is 14.6 Å². The van der Waals surface area contributed by atoms with E-state index in [0.717, 1.165) is 0 Å². The van der Waals surface area contributed by atoms with E-state index in [1.807, 2.05) is 6.92 Å². The largest absolute Gasteiger partial charge is 0.490 e. The van der Waals surface area contributed by atoms with Gasteiger partial charge in [0, 0.05) is 5.56 Å². The molecular formula is C17H17ClFN3O3. The zero-order valence-corrected chi connectivity index (χ0v) is 14.2. The van der Waals surface area contributed by atoms with Crippen LogP contribution in [0.3, 0.4) is 0 Å². The normalized spacial score (nSPS) is 10.7. The van der Waals surface area contributed by atoms with Gasteiger partial charge in [-0.2, -0.15) is 5.10 Å². The lowest BCUT2D eigenvalue weighted by atomic mass is 10.2. The van der Waals surface area contributed by atoms with Gasteiger partial charge >= 0.3 is 6.03 Å². The third kappa shape index (κ3) is 5.36. The van der Waals surface area contributed by atoms with Crippen LogP contribution in [-0.4, -0.2) is 18.9 Å². The quantitative estimate of drug-likeness (QED) is 0.582. The van der Waals surface area contributed by atoms with Crippen LogP contribution in [0.4, 0.5) is 9.18 Å². The second kappa shape index (κ2) is 8.89. The number of nitrogens with zero attached hydrogens (tertiary/aromatic N) is 1. The molecule has 0 aliphatic rings. The minimum atomic E-state index is -0.761. The number of urea groups is 1. The van der Waals surface area contributed by atoms with Gasteiger partial charge in [-0.3, -0.25) is 0 Å². The number of amides is 2. The van der Waals surface area contributed by atoms with Crippen LogP contribution in [-0.2, 0) is 6.61 Å². The van der Waals surface area contributed by atoms with Crippen molar-refractivity contribution in [3.63, 3.8) is 0 Å². The standard InChI is InChI=1S/C17H17ClFN3O3/c1-2-24-16-8-11(9-21-22-17(20)23)6-7-15(16)25-10-12-13(18)4-3-5-14(12)19/h3-9H,2,10H2,1H3,(H3,20,22,23)/b21-9-. The lowest BCUT2D eigenvalue weighted by molar-refractivity contribution is 0.249. The SMILES string of the molecule is CCOc1cc(/C=N\NC(N)=O)ccc1OCc1c(F)cccc1Cl. The molecule has 0 bridgehead atoms. The molecule has 6 nitrogen and oxygen atoms in total.